The van der Waals surface area contributed by atoms with E-state index in [2.05, 4.69) is 36.6 Å². The Morgan fingerprint density at radius 2 is 2.07 bits per heavy atom. The summed E-state index contributed by atoms with van der Waals surface area (Å²) in [6.07, 6.45) is 0. The molecule has 0 spiro atoms. The Morgan fingerprint density at radius 1 is 1.33 bits per heavy atom. The maximum absolute atomic E-state index is 5.11. The van der Waals surface area contributed by atoms with E-state index in [0.717, 1.165) is 24.5 Å². The van der Waals surface area contributed by atoms with Crippen molar-refractivity contribution in [1.29, 1.82) is 0 Å². The molecule has 15 heavy (non-hydrogen) atoms. The summed E-state index contributed by atoms with van der Waals surface area (Å²) in [4.78, 5) is 0. The summed E-state index contributed by atoms with van der Waals surface area (Å²) >= 11 is 0. The first-order valence-electron chi connectivity index (χ1n) is 5.47. The molecule has 0 fully saturated rings. The highest BCUT2D eigenvalue weighted by Gasteiger charge is 2.04. The monoisotopic (exact) mass is 211 g/mol. The fourth-order valence-corrected chi connectivity index (χ4v) is 1.26. The van der Waals surface area contributed by atoms with Crippen LogP contribution in [0.5, 0.6) is 0 Å². The molecule has 1 aromatic heterocycles. The highest BCUT2D eigenvalue weighted by atomic mass is 16.5. The first kappa shape index (κ1) is 12.2. The normalized spacial score (nSPS) is 13.4. The fraction of sp³-hybridized carbons (Fsp3) is 0.727. The molecule has 0 aliphatic carbocycles. The number of rotatable bonds is 6. The molecular formula is C11H21N3O. The van der Waals surface area contributed by atoms with E-state index < -0.39 is 0 Å². The Balaban J connectivity index is 2.19. The first-order valence-corrected chi connectivity index (χ1v) is 5.47. The molecule has 4 heteroatoms. The van der Waals surface area contributed by atoms with Gasteiger partial charge in [-0.15, -0.1) is 0 Å². The SMILES string of the molecule is Cc1cc(CNC(C)CNC(C)C)on1. The Hall–Kier alpha value is -0.870. The average molecular weight is 211 g/mol. The lowest BCUT2D eigenvalue weighted by Gasteiger charge is -2.15. The van der Waals surface area contributed by atoms with Gasteiger partial charge in [-0.3, -0.25) is 0 Å². The minimum atomic E-state index is 0.429. The summed E-state index contributed by atoms with van der Waals surface area (Å²) in [7, 11) is 0. The van der Waals surface area contributed by atoms with Crippen LogP contribution in [0.15, 0.2) is 10.6 Å². The van der Waals surface area contributed by atoms with Crippen LogP contribution < -0.4 is 10.6 Å². The van der Waals surface area contributed by atoms with Crippen molar-refractivity contribution in [2.24, 2.45) is 0 Å². The molecule has 1 atom stereocenters. The quantitative estimate of drug-likeness (QED) is 0.748. The lowest BCUT2D eigenvalue weighted by Crippen LogP contribution is -2.38. The van der Waals surface area contributed by atoms with Gasteiger partial charge in [0.25, 0.3) is 0 Å². The van der Waals surface area contributed by atoms with Crippen LogP contribution in [0, 0.1) is 6.92 Å². The van der Waals surface area contributed by atoms with Crippen molar-refractivity contribution in [2.45, 2.75) is 46.3 Å². The summed E-state index contributed by atoms with van der Waals surface area (Å²) in [6, 6.07) is 2.91. The summed E-state index contributed by atoms with van der Waals surface area (Å²) in [5.74, 6) is 0.892. The van der Waals surface area contributed by atoms with E-state index in [9.17, 15) is 0 Å². The minimum Gasteiger partial charge on any atom is -0.360 e. The fourth-order valence-electron chi connectivity index (χ4n) is 1.26. The average Bonchev–Trinajstić information content (AvgIpc) is 2.58. The summed E-state index contributed by atoms with van der Waals surface area (Å²) < 4.78 is 5.11. The molecule has 0 radical (unpaired) electrons. The van der Waals surface area contributed by atoms with Gasteiger partial charge in [0, 0.05) is 24.7 Å². The number of nitrogens with one attached hydrogen (secondary N) is 2. The molecular weight excluding hydrogens is 190 g/mol. The summed E-state index contributed by atoms with van der Waals surface area (Å²) in [5.41, 5.74) is 0.930. The molecule has 1 heterocycles. The van der Waals surface area contributed by atoms with Crippen LogP contribution in [0.25, 0.3) is 0 Å². The zero-order valence-electron chi connectivity index (χ0n) is 10.0. The number of aryl methyl sites for hydroxylation is 1. The molecule has 0 saturated heterocycles. The third-order valence-corrected chi connectivity index (χ3v) is 2.13. The van der Waals surface area contributed by atoms with Gasteiger partial charge < -0.3 is 15.2 Å². The van der Waals surface area contributed by atoms with E-state index in [1.54, 1.807) is 0 Å². The van der Waals surface area contributed by atoms with Crippen LogP contribution >= 0.6 is 0 Å². The third kappa shape index (κ3) is 4.95. The van der Waals surface area contributed by atoms with Gasteiger partial charge in [-0.2, -0.15) is 0 Å². The number of hydrogen-bond acceptors (Lipinski definition) is 4. The van der Waals surface area contributed by atoms with Crippen LogP contribution in [0.4, 0.5) is 0 Å². The Labute approximate surface area is 91.4 Å². The maximum Gasteiger partial charge on any atom is 0.150 e. The Bertz CT molecular complexity index is 283. The largest absolute Gasteiger partial charge is 0.360 e. The second-order valence-electron chi connectivity index (χ2n) is 4.28. The number of hydrogen-bond donors (Lipinski definition) is 2. The Kier molecular flexibility index (Phi) is 4.78. The predicted molar refractivity (Wildman–Crippen MR) is 60.7 cm³/mol. The topological polar surface area (TPSA) is 50.1 Å². The molecule has 0 aromatic carbocycles. The maximum atomic E-state index is 5.11. The molecule has 0 amide bonds. The van der Waals surface area contributed by atoms with Crippen molar-refractivity contribution in [3.05, 3.63) is 17.5 Å². The zero-order valence-corrected chi connectivity index (χ0v) is 10.0. The van der Waals surface area contributed by atoms with E-state index >= 15 is 0 Å². The van der Waals surface area contributed by atoms with Gasteiger partial charge in [0.1, 0.15) is 0 Å². The van der Waals surface area contributed by atoms with Crippen molar-refractivity contribution in [3.8, 4) is 0 Å². The minimum absolute atomic E-state index is 0.429. The van der Waals surface area contributed by atoms with Crippen molar-refractivity contribution in [3.63, 3.8) is 0 Å². The third-order valence-electron chi connectivity index (χ3n) is 2.13. The van der Waals surface area contributed by atoms with Crippen LogP contribution in [0.3, 0.4) is 0 Å². The van der Waals surface area contributed by atoms with Gasteiger partial charge >= 0.3 is 0 Å². The van der Waals surface area contributed by atoms with Gasteiger partial charge in [0.2, 0.25) is 0 Å². The molecule has 0 bridgehead atoms. The molecule has 0 aliphatic rings. The zero-order chi connectivity index (χ0) is 11.3. The molecule has 0 aliphatic heterocycles. The molecule has 4 nitrogen and oxygen atoms in total. The summed E-state index contributed by atoms with van der Waals surface area (Å²) in [5, 5.41) is 10.6. The number of nitrogens with zero attached hydrogens (tertiary/aromatic N) is 1. The highest BCUT2D eigenvalue weighted by Crippen LogP contribution is 2.01. The van der Waals surface area contributed by atoms with E-state index in [0.29, 0.717) is 12.1 Å². The van der Waals surface area contributed by atoms with Crippen LogP contribution in [-0.2, 0) is 6.54 Å². The van der Waals surface area contributed by atoms with Crippen LogP contribution in [0.2, 0.25) is 0 Å². The molecule has 0 saturated carbocycles. The van der Waals surface area contributed by atoms with E-state index in [1.165, 1.54) is 0 Å². The van der Waals surface area contributed by atoms with E-state index in [4.69, 9.17) is 4.52 Å². The standard InChI is InChI=1S/C11H21N3O/c1-8(2)12-6-10(4)13-7-11-5-9(3)14-15-11/h5,8,10,12-13H,6-7H2,1-4H3. The lowest BCUT2D eigenvalue weighted by molar-refractivity contribution is 0.358. The molecule has 1 aromatic rings. The van der Waals surface area contributed by atoms with Crippen LogP contribution in [-0.4, -0.2) is 23.8 Å². The van der Waals surface area contributed by atoms with Crippen molar-refractivity contribution in [1.82, 2.24) is 15.8 Å². The molecule has 1 rings (SSSR count). The van der Waals surface area contributed by atoms with Gasteiger partial charge in [-0.1, -0.05) is 19.0 Å². The van der Waals surface area contributed by atoms with Crippen molar-refractivity contribution < 1.29 is 4.52 Å². The van der Waals surface area contributed by atoms with E-state index in [1.807, 2.05) is 13.0 Å². The highest BCUT2D eigenvalue weighted by molar-refractivity contribution is 5.02. The van der Waals surface area contributed by atoms with Gasteiger partial charge in [-0.05, 0) is 13.8 Å². The van der Waals surface area contributed by atoms with Crippen molar-refractivity contribution >= 4 is 0 Å². The lowest BCUT2D eigenvalue weighted by atomic mass is 10.3. The first-order chi connectivity index (χ1) is 7.08. The summed E-state index contributed by atoms with van der Waals surface area (Å²) in [6.45, 7) is 10.1. The molecule has 2 N–H and O–H groups in total. The van der Waals surface area contributed by atoms with Crippen molar-refractivity contribution in [2.75, 3.05) is 6.54 Å². The molecule has 86 valence electrons. The Morgan fingerprint density at radius 3 is 2.60 bits per heavy atom. The van der Waals surface area contributed by atoms with E-state index in [-0.39, 0.29) is 0 Å². The van der Waals surface area contributed by atoms with Gasteiger partial charge in [0.15, 0.2) is 5.76 Å². The second-order valence-corrected chi connectivity index (χ2v) is 4.28. The number of aromatic nitrogens is 1. The van der Waals surface area contributed by atoms with Gasteiger partial charge in [-0.25, -0.2) is 0 Å². The van der Waals surface area contributed by atoms with Gasteiger partial charge in [0.05, 0.1) is 12.2 Å². The second kappa shape index (κ2) is 5.88. The smallest absolute Gasteiger partial charge is 0.150 e. The molecule has 1 unspecified atom stereocenters. The van der Waals surface area contributed by atoms with Crippen LogP contribution in [0.1, 0.15) is 32.2 Å². The predicted octanol–water partition coefficient (Wildman–Crippen LogP) is 1.46.